The van der Waals surface area contributed by atoms with Crippen LogP contribution in [0.3, 0.4) is 0 Å². The zero-order chi connectivity index (χ0) is 24.8. The highest BCUT2D eigenvalue weighted by atomic mass is 35.5. The van der Waals surface area contributed by atoms with Gasteiger partial charge >= 0.3 is 5.97 Å². The van der Waals surface area contributed by atoms with Crippen LogP contribution in [0.15, 0.2) is 58.6 Å². The van der Waals surface area contributed by atoms with Crippen LogP contribution in [-0.4, -0.2) is 59.3 Å². The molecule has 0 aliphatic heterocycles. The largest absolute Gasteiger partial charge is 0.497 e. The fourth-order valence-electron chi connectivity index (χ4n) is 3.31. The molecule has 0 amide bonds. The molecule has 2 heterocycles. The molecule has 0 saturated heterocycles. The Morgan fingerprint density at radius 2 is 1.94 bits per heavy atom. The zero-order valence-electron chi connectivity index (χ0n) is 19.6. The van der Waals surface area contributed by atoms with Crippen LogP contribution in [0.1, 0.15) is 17.3 Å². The van der Waals surface area contributed by atoms with Crippen molar-refractivity contribution < 1.29 is 23.7 Å². The third-order valence-electron chi connectivity index (χ3n) is 5.02. The molecule has 184 valence electrons. The number of fused-ring (bicyclic) bond motifs is 1. The van der Waals surface area contributed by atoms with E-state index >= 15 is 0 Å². The standard InChI is InChI=1S/C24H25ClN4O5S/c1-4-34-23(30)16-13-26-29(14-16)24-27-20-12-22(35-18-7-5-17(32-3)6-8-18)19(25)11-21(20)28(24)15-33-10-9-31-2/h5-8,11-14H,4,9-10,15H2,1-3H3. The summed E-state index contributed by atoms with van der Waals surface area (Å²) < 4.78 is 24.5. The van der Waals surface area contributed by atoms with Crippen molar-refractivity contribution in [1.82, 2.24) is 19.3 Å². The zero-order valence-corrected chi connectivity index (χ0v) is 21.1. The lowest BCUT2D eigenvalue weighted by molar-refractivity contribution is 0.0356. The predicted molar refractivity (Wildman–Crippen MR) is 133 cm³/mol. The van der Waals surface area contributed by atoms with Crippen molar-refractivity contribution in [2.45, 2.75) is 23.4 Å². The summed E-state index contributed by atoms with van der Waals surface area (Å²) in [4.78, 5) is 18.8. The van der Waals surface area contributed by atoms with Crippen molar-refractivity contribution in [2.24, 2.45) is 0 Å². The van der Waals surface area contributed by atoms with E-state index in [1.807, 2.05) is 41.0 Å². The lowest BCUT2D eigenvalue weighted by Crippen LogP contribution is -2.12. The summed E-state index contributed by atoms with van der Waals surface area (Å²) in [6.45, 7) is 3.10. The monoisotopic (exact) mass is 516 g/mol. The van der Waals surface area contributed by atoms with Gasteiger partial charge in [0.05, 0.1) is 54.7 Å². The molecule has 9 nitrogen and oxygen atoms in total. The number of hydrogen-bond acceptors (Lipinski definition) is 8. The Hall–Kier alpha value is -3.05. The van der Waals surface area contributed by atoms with Crippen LogP contribution >= 0.6 is 23.4 Å². The van der Waals surface area contributed by atoms with Crippen molar-refractivity contribution in [1.29, 1.82) is 0 Å². The summed E-state index contributed by atoms with van der Waals surface area (Å²) in [5.41, 5.74) is 1.82. The maximum atomic E-state index is 12.1. The van der Waals surface area contributed by atoms with E-state index < -0.39 is 5.97 Å². The number of benzene rings is 2. The van der Waals surface area contributed by atoms with Gasteiger partial charge in [-0.15, -0.1) is 0 Å². The smallest absolute Gasteiger partial charge is 0.341 e. The predicted octanol–water partition coefficient (Wildman–Crippen LogP) is 4.83. The van der Waals surface area contributed by atoms with Crippen LogP contribution in [0.2, 0.25) is 5.02 Å². The summed E-state index contributed by atoms with van der Waals surface area (Å²) in [6.07, 6.45) is 3.03. The number of aromatic nitrogens is 4. The van der Waals surface area contributed by atoms with Crippen molar-refractivity contribution in [2.75, 3.05) is 34.0 Å². The minimum absolute atomic E-state index is 0.199. The van der Waals surface area contributed by atoms with Gasteiger partial charge in [0.1, 0.15) is 12.5 Å². The third-order valence-corrected chi connectivity index (χ3v) is 6.51. The van der Waals surface area contributed by atoms with Gasteiger partial charge in [0.15, 0.2) is 0 Å². The van der Waals surface area contributed by atoms with Gasteiger partial charge in [-0.25, -0.2) is 14.5 Å². The number of imidazole rings is 1. The van der Waals surface area contributed by atoms with Gasteiger partial charge in [0.25, 0.3) is 0 Å². The number of hydrogen-bond donors (Lipinski definition) is 0. The molecule has 2 aromatic heterocycles. The molecule has 4 rings (SSSR count). The number of esters is 1. The molecule has 35 heavy (non-hydrogen) atoms. The minimum Gasteiger partial charge on any atom is -0.497 e. The van der Waals surface area contributed by atoms with Gasteiger partial charge in [0, 0.05) is 23.1 Å². The van der Waals surface area contributed by atoms with Crippen LogP contribution in [0.25, 0.3) is 17.0 Å². The van der Waals surface area contributed by atoms with E-state index in [1.165, 1.54) is 22.6 Å². The Labute approximate surface area is 211 Å². The first-order valence-corrected chi connectivity index (χ1v) is 12.0. The normalized spacial score (nSPS) is 11.2. The van der Waals surface area contributed by atoms with Crippen LogP contribution in [-0.2, 0) is 20.9 Å². The molecule has 4 aromatic rings. The lowest BCUT2D eigenvalue weighted by Gasteiger charge is -2.10. The quantitative estimate of drug-likeness (QED) is 0.207. The van der Waals surface area contributed by atoms with Crippen molar-refractivity contribution in [3.8, 4) is 11.7 Å². The molecule has 0 N–H and O–H groups in total. The Morgan fingerprint density at radius 3 is 2.66 bits per heavy atom. The van der Waals surface area contributed by atoms with Crippen LogP contribution in [0.4, 0.5) is 0 Å². The summed E-state index contributed by atoms with van der Waals surface area (Å²) in [5, 5.41) is 4.90. The van der Waals surface area contributed by atoms with Crippen molar-refractivity contribution >= 4 is 40.4 Å². The highest BCUT2D eigenvalue weighted by Crippen LogP contribution is 2.37. The van der Waals surface area contributed by atoms with Crippen molar-refractivity contribution in [3.63, 3.8) is 0 Å². The average Bonchev–Trinajstić information content (AvgIpc) is 3.48. The minimum atomic E-state index is -0.445. The summed E-state index contributed by atoms with van der Waals surface area (Å²) in [5.74, 6) is 0.823. The summed E-state index contributed by atoms with van der Waals surface area (Å²) >= 11 is 8.20. The topological polar surface area (TPSA) is 89.6 Å². The lowest BCUT2D eigenvalue weighted by atomic mass is 10.3. The fraction of sp³-hybridized carbons (Fsp3) is 0.292. The van der Waals surface area contributed by atoms with E-state index in [9.17, 15) is 4.79 Å². The molecule has 0 aliphatic carbocycles. The number of carbonyl (C=O) groups excluding carboxylic acids is 1. The highest BCUT2D eigenvalue weighted by molar-refractivity contribution is 7.99. The molecule has 0 radical (unpaired) electrons. The Morgan fingerprint density at radius 1 is 1.14 bits per heavy atom. The molecular formula is C24H25ClN4O5S. The number of carbonyl (C=O) groups is 1. The second-order valence-electron chi connectivity index (χ2n) is 7.31. The van der Waals surface area contributed by atoms with Gasteiger partial charge in [-0.2, -0.15) is 5.10 Å². The molecule has 0 atom stereocenters. The van der Waals surface area contributed by atoms with E-state index in [2.05, 4.69) is 5.10 Å². The maximum absolute atomic E-state index is 12.1. The molecule has 0 saturated carbocycles. The Bertz CT molecular complexity index is 1310. The van der Waals surface area contributed by atoms with E-state index in [0.29, 0.717) is 35.3 Å². The molecule has 2 aromatic carbocycles. The molecule has 0 spiro atoms. The molecule has 0 unspecified atom stereocenters. The van der Waals surface area contributed by atoms with E-state index in [0.717, 1.165) is 21.1 Å². The van der Waals surface area contributed by atoms with E-state index in [4.69, 9.17) is 35.5 Å². The number of methoxy groups -OCH3 is 2. The van der Waals surface area contributed by atoms with Gasteiger partial charge in [-0.05, 0) is 43.3 Å². The molecule has 0 bridgehead atoms. The fourth-order valence-corrected chi connectivity index (χ4v) is 4.44. The van der Waals surface area contributed by atoms with Crippen LogP contribution in [0.5, 0.6) is 5.75 Å². The second-order valence-corrected chi connectivity index (χ2v) is 8.84. The first-order valence-electron chi connectivity index (χ1n) is 10.8. The van der Waals surface area contributed by atoms with E-state index in [1.54, 1.807) is 27.3 Å². The van der Waals surface area contributed by atoms with Crippen LogP contribution < -0.4 is 4.74 Å². The molecule has 0 fully saturated rings. The van der Waals surface area contributed by atoms with Gasteiger partial charge in [0.2, 0.25) is 5.95 Å². The number of ether oxygens (including phenoxy) is 4. The summed E-state index contributed by atoms with van der Waals surface area (Å²) in [6, 6.07) is 11.5. The maximum Gasteiger partial charge on any atom is 0.341 e. The average molecular weight is 517 g/mol. The molecular weight excluding hydrogens is 492 g/mol. The Balaban J connectivity index is 1.71. The van der Waals surface area contributed by atoms with Gasteiger partial charge < -0.3 is 18.9 Å². The number of nitrogens with zero attached hydrogens (tertiary/aromatic N) is 4. The van der Waals surface area contributed by atoms with E-state index in [-0.39, 0.29) is 13.3 Å². The van der Waals surface area contributed by atoms with Gasteiger partial charge in [-0.1, -0.05) is 23.4 Å². The van der Waals surface area contributed by atoms with Crippen LogP contribution in [0, 0.1) is 0 Å². The highest BCUT2D eigenvalue weighted by Gasteiger charge is 2.18. The molecule has 0 aliphatic rings. The second kappa shape index (κ2) is 11.6. The SMILES string of the molecule is CCOC(=O)c1cnn(-c2nc3cc(Sc4ccc(OC)cc4)c(Cl)cc3n2COCCOC)c1. The first kappa shape index (κ1) is 25.1. The van der Waals surface area contributed by atoms with Crippen molar-refractivity contribution in [3.05, 3.63) is 59.4 Å². The number of halogens is 1. The number of rotatable bonds is 11. The Kier molecular flexibility index (Phi) is 8.29. The third kappa shape index (κ3) is 5.79. The summed E-state index contributed by atoms with van der Waals surface area (Å²) in [7, 11) is 3.25. The first-order chi connectivity index (χ1) is 17.0. The molecule has 11 heteroatoms. The van der Waals surface area contributed by atoms with Gasteiger partial charge in [-0.3, -0.25) is 4.57 Å².